The van der Waals surface area contributed by atoms with E-state index in [0.717, 1.165) is 31.7 Å². The van der Waals surface area contributed by atoms with Crippen LogP contribution in [0.3, 0.4) is 0 Å². The van der Waals surface area contributed by atoms with Crippen molar-refractivity contribution in [3.8, 4) is 22.8 Å². The fourth-order valence-electron chi connectivity index (χ4n) is 5.05. The first-order valence-electron chi connectivity index (χ1n) is 13.8. The van der Waals surface area contributed by atoms with Gasteiger partial charge in [-0.1, -0.05) is 18.2 Å². The van der Waals surface area contributed by atoms with Crippen LogP contribution >= 0.6 is 12.2 Å². The summed E-state index contributed by atoms with van der Waals surface area (Å²) in [5, 5.41) is 0.693. The number of rotatable bonds is 9. The van der Waals surface area contributed by atoms with E-state index in [1.54, 1.807) is 37.0 Å². The van der Waals surface area contributed by atoms with Gasteiger partial charge in [-0.05, 0) is 56.0 Å². The summed E-state index contributed by atoms with van der Waals surface area (Å²) in [4.78, 5) is 39.2. The Kier molecular flexibility index (Phi) is 8.79. The molecule has 0 bridgehead atoms. The second-order valence-corrected chi connectivity index (χ2v) is 10.6. The SMILES string of the molecule is COc1cc2nc(=S)n(CCCC(=O)c3cccc(-c4ccc(C(=O)N5CCN(C)CC5)cc4)n3)c(N)c2cc1OC. The number of nitrogens with two attached hydrogens (primary N) is 1. The topological polar surface area (TPSA) is 116 Å². The van der Waals surface area contributed by atoms with E-state index in [1.807, 2.05) is 41.3 Å². The highest BCUT2D eigenvalue weighted by Gasteiger charge is 2.20. The molecule has 4 aromatic rings. The van der Waals surface area contributed by atoms with E-state index in [9.17, 15) is 9.59 Å². The quantitative estimate of drug-likeness (QED) is 0.224. The maximum absolute atomic E-state index is 13.1. The van der Waals surface area contributed by atoms with Gasteiger partial charge in [0, 0.05) is 61.7 Å². The van der Waals surface area contributed by atoms with Crippen LogP contribution in [0.2, 0.25) is 0 Å². The van der Waals surface area contributed by atoms with Crippen molar-refractivity contribution < 1.29 is 19.1 Å². The third-order valence-corrected chi connectivity index (χ3v) is 7.87. The van der Waals surface area contributed by atoms with Crippen LogP contribution in [0, 0.1) is 4.77 Å². The van der Waals surface area contributed by atoms with Crippen LogP contribution in [-0.4, -0.2) is 83.5 Å². The van der Waals surface area contributed by atoms with Crippen LogP contribution in [0.1, 0.15) is 33.7 Å². The molecule has 0 saturated carbocycles. The maximum Gasteiger partial charge on any atom is 0.253 e. The molecule has 1 saturated heterocycles. The van der Waals surface area contributed by atoms with Crippen LogP contribution in [0.15, 0.2) is 54.6 Å². The molecule has 42 heavy (non-hydrogen) atoms. The minimum absolute atomic E-state index is 0.0350. The number of hydrogen-bond donors (Lipinski definition) is 1. The minimum atomic E-state index is -0.0797. The van der Waals surface area contributed by atoms with Crippen LogP contribution in [0.5, 0.6) is 11.5 Å². The number of piperazine rings is 1. The van der Waals surface area contributed by atoms with Gasteiger partial charge in [0.05, 0.1) is 25.4 Å². The van der Waals surface area contributed by atoms with Gasteiger partial charge < -0.3 is 29.6 Å². The van der Waals surface area contributed by atoms with Crippen molar-refractivity contribution in [3.05, 3.63) is 70.6 Å². The molecule has 2 N–H and O–H groups in total. The number of aromatic nitrogens is 3. The molecule has 0 spiro atoms. The van der Waals surface area contributed by atoms with E-state index in [1.165, 1.54) is 0 Å². The molecule has 0 unspecified atom stereocenters. The number of pyridine rings is 1. The van der Waals surface area contributed by atoms with Crippen molar-refractivity contribution in [2.24, 2.45) is 0 Å². The summed E-state index contributed by atoms with van der Waals surface area (Å²) in [6.45, 7) is 3.63. The number of anilines is 1. The molecular formula is C31H34N6O4S. The lowest BCUT2D eigenvalue weighted by molar-refractivity contribution is 0.0664. The number of amides is 1. The summed E-state index contributed by atoms with van der Waals surface area (Å²) in [7, 11) is 5.18. The smallest absolute Gasteiger partial charge is 0.253 e. The average molecular weight is 587 g/mol. The van der Waals surface area contributed by atoms with Crippen LogP contribution < -0.4 is 15.2 Å². The van der Waals surface area contributed by atoms with Gasteiger partial charge in [0.1, 0.15) is 11.5 Å². The van der Waals surface area contributed by atoms with Gasteiger partial charge in [-0.15, -0.1) is 0 Å². The van der Waals surface area contributed by atoms with Crippen molar-refractivity contribution in [2.75, 3.05) is 53.2 Å². The monoisotopic (exact) mass is 586 g/mol. The number of ether oxygens (including phenoxy) is 2. The van der Waals surface area contributed by atoms with E-state index in [-0.39, 0.29) is 18.1 Å². The molecule has 3 heterocycles. The van der Waals surface area contributed by atoms with E-state index >= 15 is 0 Å². The highest BCUT2D eigenvalue weighted by Crippen LogP contribution is 2.34. The van der Waals surface area contributed by atoms with Crippen molar-refractivity contribution in [3.63, 3.8) is 0 Å². The number of nitrogens with zero attached hydrogens (tertiary/aromatic N) is 5. The van der Waals surface area contributed by atoms with Gasteiger partial charge in [0.2, 0.25) is 4.77 Å². The number of carbonyl (C=O) groups is 2. The predicted molar refractivity (Wildman–Crippen MR) is 165 cm³/mol. The molecule has 5 rings (SSSR count). The van der Waals surface area contributed by atoms with Crippen molar-refractivity contribution in [1.82, 2.24) is 24.3 Å². The molecule has 0 radical (unpaired) electrons. The third-order valence-electron chi connectivity index (χ3n) is 7.55. The fourth-order valence-corrected chi connectivity index (χ4v) is 5.33. The number of likely N-dealkylation sites (N-methyl/N-ethyl adjacent to an activating group) is 1. The number of ketones is 1. The summed E-state index contributed by atoms with van der Waals surface area (Å²) in [6.07, 6.45) is 0.771. The fraction of sp³-hybridized carbons (Fsp3) is 0.323. The summed E-state index contributed by atoms with van der Waals surface area (Å²) >= 11 is 5.50. The number of benzene rings is 2. The van der Waals surface area contributed by atoms with Gasteiger partial charge >= 0.3 is 0 Å². The van der Waals surface area contributed by atoms with Crippen LogP contribution in [0.25, 0.3) is 22.2 Å². The lowest BCUT2D eigenvalue weighted by Crippen LogP contribution is -2.47. The molecular weight excluding hydrogens is 552 g/mol. The molecule has 218 valence electrons. The first kappa shape index (κ1) is 29.2. The van der Waals surface area contributed by atoms with E-state index in [2.05, 4.69) is 21.9 Å². The number of carbonyl (C=O) groups excluding carboxylic acids is 2. The zero-order chi connectivity index (χ0) is 29.8. The summed E-state index contributed by atoms with van der Waals surface area (Å²) in [5.74, 6) is 1.49. The summed E-state index contributed by atoms with van der Waals surface area (Å²) < 4.78 is 12.8. The number of hydrogen-bond acceptors (Lipinski definition) is 9. The lowest BCUT2D eigenvalue weighted by Gasteiger charge is -2.32. The Hall–Kier alpha value is -4.35. The Morgan fingerprint density at radius 1 is 0.952 bits per heavy atom. The highest BCUT2D eigenvalue weighted by molar-refractivity contribution is 7.71. The van der Waals surface area contributed by atoms with E-state index in [4.69, 9.17) is 27.4 Å². The second-order valence-electron chi connectivity index (χ2n) is 10.3. The molecule has 1 fully saturated rings. The van der Waals surface area contributed by atoms with Crippen molar-refractivity contribution in [1.29, 1.82) is 0 Å². The summed E-state index contributed by atoms with van der Waals surface area (Å²) in [6, 6.07) is 16.3. The zero-order valence-corrected chi connectivity index (χ0v) is 24.8. The van der Waals surface area contributed by atoms with Crippen molar-refractivity contribution in [2.45, 2.75) is 19.4 Å². The molecule has 2 aromatic heterocycles. The van der Waals surface area contributed by atoms with E-state index in [0.29, 0.717) is 62.9 Å². The van der Waals surface area contributed by atoms with Gasteiger partial charge in [-0.3, -0.25) is 9.59 Å². The summed E-state index contributed by atoms with van der Waals surface area (Å²) in [5.41, 5.74) is 9.62. The van der Waals surface area contributed by atoms with Crippen molar-refractivity contribution >= 4 is 40.6 Å². The number of Topliss-reactive ketones (excluding diaryl/α,β-unsaturated/α-hetero) is 1. The Bertz CT molecular complexity index is 1680. The van der Waals surface area contributed by atoms with Gasteiger partial charge in [-0.25, -0.2) is 9.97 Å². The average Bonchev–Trinajstić information content (AvgIpc) is 3.02. The molecule has 0 aliphatic carbocycles. The van der Waals surface area contributed by atoms with Gasteiger partial charge in [0.25, 0.3) is 5.91 Å². The number of nitrogen functional groups attached to an aromatic ring is 1. The predicted octanol–water partition coefficient (Wildman–Crippen LogP) is 4.48. The molecule has 0 atom stereocenters. The third kappa shape index (κ3) is 6.12. The highest BCUT2D eigenvalue weighted by atomic mass is 32.1. The zero-order valence-electron chi connectivity index (χ0n) is 24.0. The molecule has 1 amide bonds. The maximum atomic E-state index is 13.1. The molecule has 1 aliphatic rings. The van der Waals surface area contributed by atoms with Crippen LogP contribution in [-0.2, 0) is 6.54 Å². The molecule has 11 heteroatoms. The van der Waals surface area contributed by atoms with Crippen LogP contribution in [0.4, 0.5) is 5.82 Å². The van der Waals surface area contributed by atoms with Gasteiger partial charge in [0.15, 0.2) is 17.3 Å². The Labute approximate surface area is 249 Å². The van der Waals surface area contributed by atoms with Gasteiger partial charge in [-0.2, -0.15) is 0 Å². The first-order valence-corrected chi connectivity index (χ1v) is 14.2. The molecule has 1 aliphatic heterocycles. The Balaban J connectivity index is 1.25. The number of fused-ring (bicyclic) bond motifs is 1. The molecule has 2 aromatic carbocycles. The Morgan fingerprint density at radius 3 is 2.33 bits per heavy atom. The Morgan fingerprint density at radius 2 is 1.64 bits per heavy atom. The largest absolute Gasteiger partial charge is 0.493 e. The normalized spacial score (nSPS) is 13.7. The lowest BCUT2D eigenvalue weighted by atomic mass is 10.1. The first-order chi connectivity index (χ1) is 20.3. The minimum Gasteiger partial charge on any atom is -0.493 e. The number of methoxy groups -OCH3 is 2. The molecule has 10 nitrogen and oxygen atoms in total. The second kappa shape index (κ2) is 12.7. The van der Waals surface area contributed by atoms with E-state index < -0.39 is 0 Å². The standard InChI is InChI=1S/C31H34N6O4S/c1-35-14-16-36(17-15-35)30(39)21-11-9-20(10-12-21)23-6-4-7-24(33-23)26(38)8-5-13-37-29(32)22-18-27(40-2)28(41-3)19-25(22)34-31(37)42/h4,6-7,9-12,18-19H,5,8,13-17,32H2,1-3H3.